The highest BCUT2D eigenvalue weighted by Crippen LogP contribution is 2.95. The van der Waals surface area contributed by atoms with Crippen molar-refractivity contribution in [2.75, 3.05) is 0 Å². The van der Waals surface area contributed by atoms with Crippen molar-refractivity contribution < 1.29 is 118 Å². The van der Waals surface area contributed by atoms with E-state index in [1.807, 2.05) is 0 Å². The van der Waals surface area contributed by atoms with Gasteiger partial charge in [0.2, 0.25) is 11.7 Å². The Labute approximate surface area is 225 Å². The number of carboxylic acids is 2. The van der Waals surface area contributed by atoms with Gasteiger partial charge in [0.05, 0.1) is 0 Å². The Morgan fingerprint density at radius 2 is 0.614 bits per heavy atom. The summed E-state index contributed by atoms with van der Waals surface area (Å²) in [6.07, 6.45) is -16.0. The van der Waals surface area contributed by atoms with E-state index >= 15 is 0 Å². The van der Waals surface area contributed by atoms with Crippen LogP contribution in [0.1, 0.15) is 0 Å². The third kappa shape index (κ3) is 3.27. The van der Waals surface area contributed by atoms with E-state index in [9.17, 15) is 97.4 Å². The molecule has 0 radical (unpaired) electrons. The summed E-state index contributed by atoms with van der Waals surface area (Å²) in [6, 6.07) is 0. The summed E-state index contributed by atoms with van der Waals surface area (Å²) in [5.41, 5.74) is -33.8. The van der Waals surface area contributed by atoms with Crippen LogP contribution in [-0.4, -0.2) is 91.5 Å². The van der Waals surface area contributed by atoms with Gasteiger partial charge < -0.3 is 20.4 Å². The molecule has 0 aromatic carbocycles. The molecular formula is C18H8F20O6. The van der Waals surface area contributed by atoms with Gasteiger partial charge in [-0.25, -0.2) is 62.3 Å². The molecular weight excluding hydrogens is 692 g/mol. The molecule has 6 nitrogen and oxygen atoms in total. The Bertz CT molecular complexity index is 1110. The number of rotatable bonds is 4. The van der Waals surface area contributed by atoms with E-state index in [0.717, 1.165) is 0 Å². The number of aliphatic carboxylic acids is 2. The zero-order valence-electron chi connectivity index (χ0n) is 19.6. The van der Waals surface area contributed by atoms with Gasteiger partial charge in [-0.15, -0.1) is 0 Å². The normalized spacial score (nSPS) is 36.1. The number of alkyl halides is 18. The van der Waals surface area contributed by atoms with Gasteiger partial charge >= 0.3 is 65.1 Å². The number of carboxylic acid groups (broad SMARTS) is 2. The molecule has 256 valence electrons. The fraction of sp³-hybridized carbons (Fsp3) is 0.667. The zero-order chi connectivity index (χ0) is 36.3. The second-order valence-electron chi connectivity index (χ2n) is 8.77. The number of halogens is 20. The van der Waals surface area contributed by atoms with Crippen LogP contribution < -0.4 is 0 Å². The molecule has 0 aromatic heterocycles. The molecule has 0 amide bonds. The first-order chi connectivity index (χ1) is 18.8. The molecule has 0 atom stereocenters. The minimum absolute atomic E-state index is 1.32. The highest BCUT2D eigenvalue weighted by molar-refractivity contribution is 5.83. The third-order valence-electron chi connectivity index (χ3n) is 6.79. The van der Waals surface area contributed by atoms with Crippen LogP contribution in [0.15, 0.2) is 24.8 Å². The Morgan fingerprint density at radius 3 is 0.727 bits per heavy atom. The van der Waals surface area contributed by atoms with E-state index in [2.05, 4.69) is 13.2 Å². The van der Waals surface area contributed by atoms with Gasteiger partial charge in [0.15, 0.2) is 0 Å². The van der Waals surface area contributed by atoms with E-state index in [1.165, 1.54) is 0 Å². The first-order valence-corrected chi connectivity index (χ1v) is 9.79. The number of hydrogen-bond donors (Lipinski definition) is 4. The Kier molecular flexibility index (Phi) is 8.19. The lowest BCUT2D eigenvalue weighted by Crippen LogP contribution is -3.09. The summed E-state index contributed by atoms with van der Waals surface area (Å²) in [4.78, 5) is 18.4. The van der Waals surface area contributed by atoms with Gasteiger partial charge in [0.1, 0.15) is 0 Å². The average Bonchev–Trinajstić information content (AvgIpc) is 2.72. The van der Waals surface area contributed by atoms with Crippen molar-refractivity contribution in [3.8, 4) is 0 Å². The lowest BCUT2D eigenvalue weighted by atomic mass is 9.32. The molecule has 4 rings (SSSR count). The summed E-state index contributed by atoms with van der Waals surface area (Å²) in [5.74, 6) is -57.1. The monoisotopic (exact) mass is 700 g/mol. The second kappa shape index (κ2) is 9.24. The maximum atomic E-state index is 14.7. The van der Waals surface area contributed by atoms with Crippen molar-refractivity contribution in [1.29, 1.82) is 0 Å². The summed E-state index contributed by atoms with van der Waals surface area (Å²) in [7, 11) is 0. The number of carbonyl (C=O) groups is 2. The predicted octanol–water partition coefficient (Wildman–Crippen LogP) is 5.51. The largest absolute Gasteiger partial charge is 0.476 e. The molecule has 4 fully saturated rings. The SMILES string of the molecule is C=C(F)C(=O)O.C=C(F)C(=O)O.OC(F)(F)C12C(F)(F)C3(F)C(F)(F)C(F)(C1(F)F)C(F)(F)C(C(O)(F)F)(C3(F)F)C2(F)F. The lowest BCUT2D eigenvalue weighted by Gasteiger charge is -2.77. The lowest BCUT2D eigenvalue weighted by molar-refractivity contribution is -0.665. The quantitative estimate of drug-likeness (QED) is 0.228. The fourth-order valence-corrected chi connectivity index (χ4v) is 5.05. The van der Waals surface area contributed by atoms with Crippen LogP contribution in [0, 0.1) is 10.8 Å². The minimum Gasteiger partial charge on any atom is -0.476 e. The molecule has 44 heavy (non-hydrogen) atoms. The summed E-state index contributed by atoms with van der Waals surface area (Å²) in [5, 5.41) is 31.7. The van der Waals surface area contributed by atoms with E-state index < -0.39 is 93.5 Å². The Morgan fingerprint density at radius 1 is 0.455 bits per heavy atom. The van der Waals surface area contributed by atoms with E-state index in [4.69, 9.17) is 20.4 Å². The molecule has 0 heterocycles. The Hall–Kier alpha value is -3.06. The van der Waals surface area contributed by atoms with Crippen LogP contribution in [0.2, 0.25) is 0 Å². The zero-order valence-corrected chi connectivity index (χ0v) is 19.6. The van der Waals surface area contributed by atoms with E-state index in [0.29, 0.717) is 0 Å². The van der Waals surface area contributed by atoms with Crippen LogP contribution >= 0.6 is 0 Å². The summed E-state index contributed by atoms with van der Waals surface area (Å²) in [6.45, 7) is 4.98. The first kappa shape index (κ1) is 39.0. The van der Waals surface area contributed by atoms with E-state index in [-0.39, 0.29) is 0 Å². The maximum Gasteiger partial charge on any atom is 0.377 e. The molecule has 0 aliphatic heterocycles. The molecule has 4 N–H and O–H groups in total. The topological polar surface area (TPSA) is 115 Å². The van der Waals surface area contributed by atoms with Gasteiger partial charge in [0, 0.05) is 0 Å². The minimum atomic E-state index is -8.70. The van der Waals surface area contributed by atoms with Crippen LogP contribution in [0.5, 0.6) is 0 Å². The van der Waals surface area contributed by atoms with Crippen molar-refractivity contribution in [1.82, 2.24) is 0 Å². The van der Waals surface area contributed by atoms with Gasteiger partial charge in [-0.1, -0.05) is 13.2 Å². The van der Waals surface area contributed by atoms with Crippen LogP contribution in [0.4, 0.5) is 87.8 Å². The van der Waals surface area contributed by atoms with Crippen LogP contribution in [0.25, 0.3) is 0 Å². The van der Waals surface area contributed by atoms with Crippen LogP contribution in [-0.2, 0) is 9.59 Å². The molecule has 0 saturated heterocycles. The van der Waals surface area contributed by atoms with Crippen molar-refractivity contribution in [2.45, 2.75) is 59.1 Å². The highest BCUT2D eigenvalue weighted by atomic mass is 19.3. The van der Waals surface area contributed by atoms with Crippen molar-refractivity contribution in [3.05, 3.63) is 24.8 Å². The van der Waals surface area contributed by atoms with Gasteiger partial charge in [-0.2, -0.15) is 35.1 Å². The van der Waals surface area contributed by atoms with Crippen LogP contribution in [0.3, 0.4) is 0 Å². The molecule has 4 aliphatic rings. The van der Waals surface area contributed by atoms with Crippen molar-refractivity contribution in [2.24, 2.45) is 10.8 Å². The van der Waals surface area contributed by atoms with Crippen molar-refractivity contribution >= 4 is 11.9 Å². The molecule has 0 unspecified atom stereocenters. The molecule has 4 saturated carbocycles. The second-order valence-corrected chi connectivity index (χ2v) is 8.77. The average molecular weight is 700 g/mol. The molecule has 0 aromatic rings. The molecule has 0 spiro atoms. The predicted molar refractivity (Wildman–Crippen MR) is 92.3 cm³/mol. The molecule has 4 bridgehead atoms. The molecule has 26 heteroatoms. The van der Waals surface area contributed by atoms with Crippen molar-refractivity contribution in [3.63, 3.8) is 0 Å². The van der Waals surface area contributed by atoms with Gasteiger partial charge in [-0.3, -0.25) is 0 Å². The third-order valence-corrected chi connectivity index (χ3v) is 6.79. The maximum absolute atomic E-state index is 14.7. The fourth-order valence-electron chi connectivity index (χ4n) is 5.05. The summed E-state index contributed by atoms with van der Waals surface area (Å²) >= 11 is 0. The number of aliphatic hydroxyl groups is 2. The Balaban J connectivity index is 0.000000681. The summed E-state index contributed by atoms with van der Waals surface area (Å²) < 4.78 is 277. The highest BCUT2D eigenvalue weighted by Gasteiger charge is 3.26. The molecule has 4 aliphatic carbocycles. The first-order valence-electron chi connectivity index (χ1n) is 9.79. The van der Waals surface area contributed by atoms with E-state index in [1.54, 1.807) is 0 Å². The van der Waals surface area contributed by atoms with Gasteiger partial charge in [0.25, 0.3) is 16.8 Å². The smallest absolute Gasteiger partial charge is 0.377 e. The number of hydrogen-bond acceptors (Lipinski definition) is 4. The standard InChI is InChI=1S/C12H2F18O2.2C3H3FO2/c13-3-6(17,18)1(11(27,28)31)5(15,16)2(8(3,21)22,12(29,30)32)9(23,24)4(14,7(1,19)20)10(3,25)26;2*1-2(4)3(5)6/h31-32H;2*1H2,(H,5,6). The van der Waals surface area contributed by atoms with Gasteiger partial charge in [-0.05, 0) is 0 Å².